The van der Waals surface area contributed by atoms with E-state index in [9.17, 15) is 14.9 Å². The van der Waals surface area contributed by atoms with Gasteiger partial charge in [0, 0.05) is 17.7 Å². The highest BCUT2D eigenvalue weighted by atomic mass is 32.1. The lowest BCUT2D eigenvalue weighted by atomic mass is 10.2. The molecule has 0 saturated heterocycles. The van der Waals surface area contributed by atoms with Gasteiger partial charge in [-0.05, 0) is 12.1 Å². The highest BCUT2D eigenvalue weighted by Gasteiger charge is 2.14. The molecule has 0 atom stereocenters. The first-order valence-corrected chi connectivity index (χ1v) is 8.61. The summed E-state index contributed by atoms with van der Waals surface area (Å²) in [5.74, 6) is 0.461. The number of nitro groups is 1. The quantitative estimate of drug-likeness (QED) is 0.386. The molecule has 0 amide bonds. The summed E-state index contributed by atoms with van der Waals surface area (Å²) in [7, 11) is 0. The van der Waals surface area contributed by atoms with E-state index in [4.69, 9.17) is 4.74 Å². The van der Waals surface area contributed by atoms with Crippen LogP contribution in [0.5, 0.6) is 5.75 Å². The SMILES string of the molecule is O=c1c(-c2ccccc2)nnc2sc(COc3ccc([N+](=O)[O-])cc3)nn12. The van der Waals surface area contributed by atoms with Gasteiger partial charge in [-0.25, -0.2) is 0 Å². The van der Waals surface area contributed by atoms with Crippen LogP contribution >= 0.6 is 11.3 Å². The Morgan fingerprint density at radius 2 is 1.81 bits per heavy atom. The number of aromatic nitrogens is 4. The van der Waals surface area contributed by atoms with Crippen LogP contribution in [0.3, 0.4) is 0 Å². The van der Waals surface area contributed by atoms with Gasteiger partial charge in [-0.1, -0.05) is 41.7 Å². The molecule has 2 aromatic heterocycles. The molecule has 27 heavy (non-hydrogen) atoms. The fraction of sp³-hybridized carbons (Fsp3) is 0.0588. The number of non-ortho nitro benzene ring substituents is 1. The molecular weight excluding hydrogens is 370 g/mol. The van der Waals surface area contributed by atoms with Crippen molar-refractivity contribution in [2.45, 2.75) is 6.61 Å². The number of ether oxygens (including phenoxy) is 1. The third-order valence-corrected chi connectivity index (χ3v) is 4.56. The Kier molecular flexibility index (Phi) is 4.30. The van der Waals surface area contributed by atoms with E-state index in [0.717, 1.165) is 0 Å². The molecule has 9 nitrogen and oxygen atoms in total. The molecule has 4 aromatic rings. The number of hydrogen-bond acceptors (Lipinski definition) is 8. The summed E-state index contributed by atoms with van der Waals surface area (Å²) in [6.45, 7) is 0.103. The van der Waals surface area contributed by atoms with Gasteiger partial charge in [0.25, 0.3) is 5.69 Å². The summed E-state index contributed by atoms with van der Waals surface area (Å²) < 4.78 is 6.78. The molecule has 0 radical (unpaired) electrons. The van der Waals surface area contributed by atoms with E-state index in [1.165, 1.54) is 40.1 Å². The summed E-state index contributed by atoms with van der Waals surface area (Å²) in [5, 5.41) is 23.5. The molecule has 0 spiro atoms. The Morgan fingerprint density at radius 3 is 2.52 bits per heavy atom. The third kappa shape index (κ3) is 3.37. The van der Waals surface area contributed by atoms with E-state index in [0.29, 0.717) is 21.3 Å². The first kappa shape index (κ1) is 16.8. The Balaban J connectivity index is 1.57. The van der Waals surface area contributed by atoms with Crippen LogP contribution < -0.4 is 10.3 Å². The van der Waals surface area contributed by atoms with Gasteiger partial charge in [-0.3, -0.25) is 14.9 Å². The summed E-state index contributed by atoms with van der Waals surface area (Å²) in [6.07, 6.45) is 0. The highest BCUT2D eigenvalue weighted by molar-refractivity contribution is 7.16. The van der Waals surface area contributed by atoms with Crippen LogP contribution in [-0.4, -0.2) is 24.7 Å². The van der Waals surface area contributed by atoms with E-state index in [-0.39, 0.29) is 23.5 Å². The maximum atomic E-state index is 12.6. The molecule has 2 aromatic carbocycles. The minimum Gasteiger partial charge on any atom is -0.486 e. The van der Waals surface area contributed by atoms with Crippen molar-refractivity contribution in [2.75, 3.05) is 0 Å². The lowest BCUT2D eigenvalue weighted by Gasteiger charge is -2.02. The lowest BCUT2D eigenvalue weighted by Crippen LogP contribution is -2.19. The molecule has 0 fully saturated rings. The molecule has 0 bridgehead atoms. The normalized spacial score (nSPS) is 10.8. The summed E-state index contributed by atoms with van der Waals surface area (Å²) in [6, 6.07) is 14.8. The van der Waals surface area contributed by atoms with E-state index >= 15 is 0 Å². The lowest BCUT2D eigenvalue weighted by molar-refractivity contribution is -0.384. The predicted octanol–water partition coefficient (Wildman–Crippen LogP) is 2.70. The number of fused-ring (bicyclic) bond motifs is 1. The van der Waals surface area contributed by atoms with Gasteiger partial charge in [-0.2, -0.15) is 9.61 Å². The summed E-state index contributed by atoms with van der Waals surface area (Å²) >= 11 is 1.19. The van der Waals surface area contributed by atoms with Gasteiger partial charge in [0.1, 0.15) is 12.4 Å². The molecule has 4 rings (SSSR count). The van der Waals surface area contributed by atoms with Crippen LogP contribution in [0.25, 0.3) is 16.2 Å². The molecule has 0 aliphatic rings. The van der Waals surface area contributed by atoms with E-state index in [1.54, 1.807) is 12.1 Å². The minimum atomic E-state index is -0.479. The Morgan fingerprint density at radius 1 is 1.07 bits per heavy atom. The van der Waals surface area contributed by atoms with Crippen LogP contribution in [0.15, 0.2) is 59.4 Å². The zero-order chi connectivity index (χ0) is 18.8. The maximum Gasteiger partial charge on any atom is 0.302 e. The van der Waals surface area contributed by atoms with Gasteiger partial charge in [0.05, 0.1) is 4.92 Å². The fourth-order valence-corrected chi connectivity index (χ4v) is 3.14. The second kappa shape index (κ2) is 6.92. The third-order valence-electron chi connectivity index (χ3n) is 3.69. The Hall–Kier alpha value is -3.66. The van der Waals surface area contributed by atoms with Crippen molar-refractivity contribution < 1.29 is 9.66 Å². The molecule has 0 aliphatic heterocycles. The first-order valence-electron chi connectivity index (χ1n) is 7.80. The van der Waals surface area contributed by atoms with Crippen molar-refractivity contribution in [1.82, 2.24) is 19.8 Å². The number of hydrogen-bond donors (Lipinski definition) is 0. The number of nitro benzene ring substituents is 1. The number of rotatable bonds is 5. The zero-order valence-corrected chi connectivity index (χ0v) is 14.5. The summed E-state index contributed by atoms with van der Waals surface area (Å²) in [5.41, 5.74) is 0.518. The molecule has 134 valence electrons. The van der Waals surface area contributed by atoms with Crippen LogP contribution in [0, 0.1) is 10.1 Å². The van der Waals surface area contributed by atoms with Crippen LogP contribution in [-0.2, 0) is 6.61 Å². The average Bonchev–Trinajstić information content (AvgIpc) is 3.12. The monoisotopic (exact) mass is 381 g/mol. The molecule has 0 unspecified atom stereocenters. The van der Waals surface area contributed by atoms with Crippen molar-refractivity contribution in [3.63, 3.8) is 0 Å². The fourth-order valence-electron chi connectivity index (χ4n) is 2.40. The average molecular weight is 381 g/mol. The highest BCUT2D eigenvalue weighted by Crippen LogP contribution is 2.20. The van der Waals surface area contributed by atoms with E-state index in [2.05, 4.69) is 15.3 Å². The van der Waals surface area contributed by atoms with Crippen LogP contribution in [0.4, 0.5) is 5.69 Å². The van der Waals surface area contributed by atoms with Crippen molar-refractivity contribution >= 4 is 22.0 Å². The van der Waals surface area contributed by atoms with Crippen molar-refractivity contribution in [1.29, 1.82) is 0 Å². The van der Waals surface area contributed by atoms with E-state index in [1.807, 2.05) is 18.2 Å². The first-order chi connectivity index (χ1) is 13.1. The molecule has 2 heterocycles. The zero-order valence-electron chi connectivity index (χ0n) is 13.7. The standard InChI is InChI=1S/C17H11N5O4S/c23-16-15(11-4-2-1-3-5-11)18-19-17-21(16)20-14(27-17)10-26-13-8-6-12(7-9-13)22(24)25/h1-9H,10H2. The maximum absolute atomic E-state index is 12.6. The second-order valence-corrected chi connectivity index (χ2v) is 6.49. The predicted molar refractivity (Wildman–Crippen MR) is 97.8 cm³/mol. The minimum absolute atomic E-state index is 0.0161. The summed E-state index contributed by atoms with van der Waals surface area (Å²) in [4.78, 5) is 23.2. The largest absolute Gasteiger partial charge is 0.486 e. The van der Waals surface area contributed by atoms with Gasteiger partial charge in [0.15, 0.2) is 10.7 Å². The Labute approximate surface area is 155 Å². The van der Waals surface area contributed by atoms with Gasteiger partial charge < -0.3 is 4.74 Å². The molecule has 0 saturated carbocycles. The number of benzene rings is 2. The van der Waals surface area contributed by atoms with Crippen LogP contribution in [0.1, 0.15) is 5.01 Å². The number of nitrogens with zero attached hydrogens (tertiary/aromatic N) is 5. The topological polar surface area (TPSA) is 113 Å². The van der Waals surface area contributed by atoms with Crippen molar-refractivity contribution in [3.05, 3.63) is 80.1 Å². The van der Waals surface area contributed by atoms with Gasteiger partial charge >= 0.3 is 5.56 Å². The van der Waals surface area contributed by atoms with Crippen molar-refractivity contribution in [3.8, 4) is 17.0 Å². The molecule has 0 aliphatic carbocycles. The van der Waals surface area contributed by atoms with Crippen LogP contribution in [0.2, 0.25) is 0 Å². The van der Waals surface area contributed by atoms with Crippen molar-refractivity contribution in [2.24, 2.45) is 0 Å². The molecular formula is C17H11N5O4S. The van der Waals surface area contributed by atoms with Gasteiger partial charge in [-0.15, -0.1) is 10.2 Å². The van der Waals surface area contributed by atoms with Gasteiger partial charge in [0.2, 0.25) is 4.96 Å². The van der Waals surface area contributed by atoms with E-state index < -0.39 is 4.92 Å². The smallest absolute Gasteiger partial charge is 0.302 e. The molecule has 0 N–H and O–H groups in total. The second-order valence-electron chi connectivity index (χ2n) is 5.45. The Bertz CT molecular complexity index is 1170. The molecule has 10 heteroatoms.